The van der Waals surface area contributed by atoms with Gasteiger partial charge < -0.3 is 43.0 Å². The van der Waals surface area contributed by atoms with Gasteiger partial charge in [-0.15, -0.1) is 0 Å². The zero-order valence-corrected chi connectivity index (χ0v) is 32.7. The molecule has 9 nitrogen and oxygen atoms in total. The van der Waals surface area contributed by atoms with E-state index in [1.807, 2.05) is 166 Å². The minimum Gasteiger partial charge on any atom is -0.388 e. The molecule has 0 amide bonds. The van der Waals surface area contributed by atoms with Crippen molar-refractivity contribution in [3.05, 3.63) is 179 Å². The second-order valence-corrected chi connectivity index (χ2v) is 14.7. The first-order valence-corrected chi connectivity index (χ1v) is 19.9. The third-order valence-electron chi connectivity index (χ3n) is 10.5. The lowest BCUT2D eigenvalue weighted by atomic mass is 9.94. The summed E-state index contributed by atoms with van der Waals surface area (Å²) in [7, 11) is 0. The molecule has 0 saturated carbocycles. The molecule has 300 valence electrons. The monoisotopic (exact) mass is 774 g/mol. The lowest BCUT2D eigenvalue weighted by molar-refractivity contribution is -0.358. The van der Waals surface area contributed by atoms with Gasteiger partial charge in [0.05, 0.1) is 51.8 Å². The van der Waals surface area contributed by atoms with E-state index in [2.05, 4.69) is 0 Å². The van der Waals surface area contributed by atoms with Gasteiger partial charge in [-0.05, 0) is 41.7 Å². The molecule has 1 N–H and O–H groups in total. The van der Waals surface area contributed by atoms with Gasteiger partial charge in [0, 0.05) is 0 Å². The van der Waals surface area contributed by atoms with Crippen molar-refractivity contribution in [3.63, 3.8) is 0 Å². The van der Waals surface area contributed by atoms with Crippen LogP contribution in [-0.2, 0) is 70.9 Å². The summed E-state index contributed by atoms with van der Waals surface area (Å²) >= 11 is 0. The normalized spacial score (nSPS) is 27.6. The predicted octanol–water partition coefficient (Wildman–Crippen LogP) is 7.82. The minimum absolute atomic E-state index is 0.182. The number of hydrogen-bond acceptors (Lipinski definition) is 9. The van der Waals surface area contributed by atoms with Crippen molar-refractivity contribution < 1.29 is 43.0 Å². The topological polar surface area (TPSA) is 94.1 Å². The molecule has 5 aromatic carbocycles. The van der Waals surface area contributed by atoms with Crippen LogP contribution < -0.4 is 0 Å². The lowest BCUT2D eigenvalue weighted by Gasteiger charge is -2.49. The number of aliphatic hydroxyl groups excluding tert-OH is 1. The maximum Gasteiger partial charge on any atom is 0.187 e. The van der Waals surface area contributed by atoms with E-state index >= 15 is 0 Å². The molecule has 5 aromatic rings. The van der Waals surface area contributed by atoms with Gasteiger partial charge in [0.2, 0.25) is 0 Å². The SMILES string of the molecule is CC1O[C@@H](C)C(O)[C@H](O[C@@H]2OC(COCc3ccccc3)[C@H](OCc3ccccc3)[C@H](OCc3ccccc3)C2OCc2ccccc2)[C@H]1OCc1ccccc1. The fraction of sp³-hybridized carbons (Fsp3) is 0.375. The van der Waals surface area contributed by atoms with Crippen molar-refractivity contribution in [3.8, 4) is 0 Å². The lowest BCUT2D eigenvalue weighted by Crippen LogP contribution is -2.65. The van der Waals surface area contributed by atoms with Crippen molar-refractivity contribution in [2.75, 3.05) is 6.61 Å². The summed E-state index contributed by atoms with van der Waals surface area (Å²) in [6.45, 7) is 5.53. The summed E-state index contributed by atoms with van der Waals surface area (Å²) in [4.78, 5) is 0. The Balaban J connectivity index is 1.23. The minimum atomic E-state index is -1.02. The summed E-state index contributed by atoms with van der Waals surface area (Å²) in [6, 6.07) is 50.0. The molecule has 7 rings (SSSR count). The van der Waals surface area contributed by atoms with E-state index in [1.54, 1.807) is 0 Å². The van der Waals surface area contributed by atoms with E-state index < -0.39 is 55.1 Å². The fourth-order valence-electron chi connectivity index (χ4n) is 7.39. The Labute approximate surface area is 336 Å². The Bertz CT molecular complexity index is 1850. The second-order valence-electron chi connectivity index (χ2n) is 14.7. The molecule has 0 spiro atoms. The highest BCUT2D eigenvalue weighted by Crippen LogP contribution is 2.35. The maximum absolute atomic E-state index is 11.8. The van der Waals surface area contributed by atoms with Gasteiger partial charge in [-0.1, -0.05) is 152 Å². The van der Waals surface area contributed by atoms with Gasteiger partial charge in [-0.3, -0.25) is 0 Å². The van der Waals surface area contributed by atoms with Gasteiger partial charge in [-0.25, -0.2) is 0 Å². The summed E-state index contributed by atoms with van der Waals surface area (Å²) < 4.78 is 53.5. The van der Waals surface area contributed by atoms with Crippen molar-refractivity contribution in [1.29, 1.82) is 0 Å². The van der Waals surface area contributed by atoms with Crippen LogP contribution in [0, 0.1) is 0 Å². The van der Waals surface area contributed by atoms with Crippen molar-refractivity contribution in [2.24, 2.45) is 0 Å². The summed E-state index contributed by atoms with van der Waals surface area (Å²) in [5, 5.41) is 11.8. The van der Waals surface area contributed by atoms with Crippen LogP contribution in [0.25, 0.3) is 0 Å². The van der Waals surface area contributed by atoms with Crippen LogP contribution in [0.15, 0.2) is 152 Å². The standard InChI is InChI=1S/C48H54O9/c1-34-42(49)45(43(35(2)55-34)51-29-37-20-10-4-11-21-37)57-48-47(54-32-40-26-16-7-17-27-40)46(53-31-39-24-14-6-15-25-39)44(52-30-38-22-12-5-13-23-38)41(56-48)33-50-28-36-18-8-3-9-19-36/h3-27,34-35,41-49H,28-33H2,1-2H3/t34-,35?,41?,42?,43-,44-,45-,46-,47?,48-/m0/s1. The van der Waals surface area contributed by atoms with Gasteiger partial charge in [0.15, 0.2) is 6.29 Å². The molecular formula is C48H54O9. The zero-order chi connectivity index (χ0) is 39.2. The smallest absolute Gasteiger partial charge is 0.187 e. The number of rotatable bonds is 18. The Morgan fingerprint density at radius 2 is 0.807 bits per heavy atom. The summed E-state index contributed by atoms with van der Waals surface area (Å²) in [5.74, 6) is 0. The molecule has 10 atom stereocenters. The fourth-order valence-corrected chi connectivity index (χ4v) is 7.39. The van der Waals surface area contributed by atoms with Gasteiger partial charge in [0.1, 0.15) is 42.7 Å². The maximum atomic E-state index is 11.8. The quantitative estimate of drug-likeness (QED) is 0.0957. The molecule has 57 heavy (non-hydrogen) atoms. The van der Waals surface area contributed by atoms with Crippen LogP contribution in [0.3, 0.4) is 0 Å². The number of ether oxygens (including phenoxy) is 8. The molecule has 4 unspecified atom stereocenters. The van der Waals surface area contributed by atoms with Crippen molar-refractivity contribution in [1.82, 2.24) is 0 Å². The van der Waals surface area contributed by atoms with Crippen LogP contribution in [0.1, 0.15) is 41.7 Å². The Kier molecular flexibility index (Phi) is 15.0. The molecule has 2 saturated heterocycles. The highest BCUT2D eigenvalue weighted by molar-refractivity contribution is 5.17. The van der Waals surface area contributed by atoms with Crippen LogP contribution in [0.2, 0.25) is 0 Å². The molecule has 9 heteroatoms. The summed E-state index contributed by atoms with van der Waals surface area (Å²) in [6.07, 6.45) is -7.16. The second kappa shape index (κ2) is 20.9. The van der Waals surface area contributed by atoms with Crippen molar-refractivity contribution in [2.45, 2.75) is 108 Å². The first-order valence-electron chi connectivity index (χ1n) is 19.9. The van der Waals surface area contributed by atoms with Gasteiger partial charge in [0.25, 0.3) is 0 Å². The van der Waals surface area contributed by atoms with Crippen LogP contribution in [0.5, 0.6) is 0 Å². The van der Waals surface area contributed by atoms with Crippen LogP contribution >= 0.6 is 0 Å². The van der Waals surface area contributed by atoms with Gasteiger partial charge in [-0.2, -0.15) is 0 Å². The average Bonchev–Trinajstić information content (AvgIpc) is 3.25. The van der Waals surface area contributed by atoms with Gasteiger partial charge >= 0.3 is 0 Å². The molecule has 0 aromatic heterocycles. The third kappa shape index (κ3) is 11.4. The third-order valence-corrected chi connectivity index (χ3v) is 10.5. The first kappa shape index (κ1) is 40.9. The first-order chi connectivity index (χ1) is 28.0. The van der Waals surface area contributed by atoms with E-state index in [9.17, 15) is 5.11 Å². The highest BCUT2D eigenvalue weighted by Gasteiger charge is 2.52. The predicted molar refractivity (Wildman–Crippen MR) is 216 cm³/mol. The molecule has 0 radical (unpaired) electrons. The number of hydrogen-bond donors (Lipinski definition) is 1. The van der Waals surface area contributed by atoms with Crippen molar-refractivity contribution >= 4 is 0 Å². The zero-order valence-electron chi connectivity index (χ0n) is 32.7. The molecule has 2 aliphatic heterocycles. The molecular weight excluding hydrogens is 721 g/mol. The van der Waals surface area contributed by atoms with Crippen LogP contribution in [0.4, 0.5) is 0 Å². The van der Waals surface area contributed by atoms with Crippen LogP contribution in [-0.4, -0.2) is 72.9 Å². The number of benzene rings is 5. The molecule has 0 bridgehead atoms. The number of aliphatic hydroxyl groups is 1. The Morgan fingerprint density at radius 1 is 0.421 bits per heavy atom. The average molecular weight is 775 g/mol. The van der Waals surface area contributed by atoms with E-state index in [1.165, 1.54) is 0 Å². The molecule has 2 aliphatic rings. The van der Waals surface area contributed by atoms with E-state index in [0.717, 1.165) is 27.8 Å². The highest BCUT2D eigenvalue weighted by atomic mass is 16.7. The molecule has 0 aliphatic carbocycles. The summed E-state index contributed by atoms with van der Waals surface area (Å²) in [5.41, 5.74) is 5.02. The van der Waals surface area contributed by atoms with E-state index in [0.29, 0.717) is 26.4 Å². The molecule has 2 fully saturated rings. The largest absolute Gasteiger partial charge is 0.388 e. The molecule has 2 heterocycles. The van der Waals surface area contributed by atoms with E-state index in [4.69, 9.17) is 37.9 Å². The Hall–Kier alpha value is -4.26. The Morgan fingerprint density at radius 3 is 1.26 bits per heavy atom. The van der Waals surface area contributed by atoms with E-state index in [-0.39, 0.29) is 19.3 Å².